The molecule has 0 saturated carbocycles. The molecule has 0 aliphatic carbocycles. The Morgan fingerprint density at radius 1 is 1.17 bits per heavy atom. The molecule has 2 aromatic carbocycles. The van der Waals surface area contributed by atoms with Crippen LogP contribution in [0.5, 0.6) is 17.2 Å². The molecule has 3 rings (SSSR count). The van der Waals surface area contributed by atoms with Crippen LogP contribution in [0.25, 0.3) is 0 Å². The second-order valence-electron chi connectivity index (χ2n) is 5.81. The summed E-state index contributed by atoms with van der Waals surface area (Å²) in [6, 6.07) is 11.1. The fourth-order valence-electron chi connectivity index (χ4n) is 2.91. The summed E-state index contributed by atoms with van der Waals surface area (Å²) in [7, 11) is 1.59. The highest BCUT2D eigenvalue weighted by Gasteiger charge is 2.24. The Morgan fingerprint density at radius 3 is 2.62 bits per heavy atom. The first kappa shape index (κ1) is 16.2. The Balaban J connectivity index is 1.93. The molecular formula is C19H20O5. The number of carboxylic acids is 1. The molecule has 1 aliphatic heterocycles. The van der Waals surface area contributed by atoms with Crippen LogP contribution in [0.4, 0.5) is 0 Å². The SMILES string of the molecule is COc1ccc(C)cc1CC(C(=O)O)c1ccc2c(c1)OCCO2. The molecule has 0 bridgehead atoms. The summed E-state index contributed by atoms with van der Waals surface area (Å²) in [5, 5.41) is 9.71. The number of hydrogen-bond donors (Lipinski definition) is 1. The van der Waals surface area contributed by atoms with Crippen molar-refractivity contribution in [3.05, 3.63) is 53.1 Å². The van der Waals surface area contributed by atoms with E-state index >= 15 is 0 Å². The number of fused-ring (bicyclic) bond motifs is 1. The lowest BCUT2D eigenvalue weighted by molar-refractivity contribution is -0.138. The van der Waals surface area contributed by atoms with Crippen molar-refractivity contribution < 1.29 is 24.1 Å². The molecule has 24 heavy (non-hydrogen) atoms. The second kappa shape index (κ2) is 6.83. The Hall–Kier alpha value is -2.69. The molecular weight excluding hydrogens is 308 g/mol. The third kappa shape index (κ3) is 3.30. The molecule has 1 atom stereocenters. The summed E-state index contributed by atoms with van der Waals surface area (Å²) in [6.07, 6.45) is 0.347. The number of aliphatic carboxylic acids is 1. The molecule has 1 unspecified atom stereocenters. The molecule has 5 heteroatoms. The number of aryl methyl sites for hydroxylation is 1. The van der Waals surface area contributed by atoms with Gasteiger partial charge in [0.05, 0.1) is 13.0 Å². The molecule has 0 spiro atoms. The van der Waals surface area contributed by atoms with Crippen molar-refractivity contribution in [2.45, 2.75) is 19.3 Å². The molecule has 5 nitrogen and oxygen atoms in total. The maximum Gasteiger partial charge on any atom is 0.311 e. The first-order valence-corrected chi connectivity index (χ1v) is 7.84. The van der Waals surface area contributed by atoms with Crippen molar-refractivity contribution in [3.8, 4) is 17.2 Å². The molecule has 0 fully saturated rings. The van der Waals surface area contributed by atoms with Gasteiger partial charge in [-0.2, -0.15) is 0 Å². The van der Waals surface area contributed by atoms with E-state index in [1.807, 2.05) is 25.1 Å². The largest absolute Gasteiger partial charge is 0.496 e. The summed E-state index contributed by atoms with van der Waals surface area (Å²) < 4.78 is 16.4. The lowest BCUT2D eigenvalue weighted by Crippen LogP contribution is -2.18. The van der Waals surface area contributed by atoms with E-state index < -0.39 is 11.9 Å². The Bertz CT molecular complexity index is 753. The van der Waals surface area contributed by atoms with Gasteiger partial charge in [-0.3, -0.25) is 4.79 Å². The van der Waals surface area contributed by atoms with E-state index in [4.69, 9.17) is 14.2 Å². The third-order valence-electron chi connectivity index (χ3n) is 4.13. The van der Waals surface area contributed by atoms with Crippen LogP contribution >= 0.6 is 0 Å². The fourth-order valence-corrected chi connectivity index (χ4v) is 2.91. The van der Waals surface area contributed by atoms with Crippen LogP contribution < -0.4 is 14.2 Å². The van der Waals surface area contributed by atoms with E-state index in [9.17, 15) is 9.90 Å². The van der Waals surface area contributed by atoms with E-state index in [1.54, 1.807) is 25.3 Å². The topological polar surface area (TPSA) is 65.0 Å². The standard InChI is InChI=1S/C19H20O5/c1-12-3-5-16(22-2)14(9-12)10-15(19(20)21)13-4-6-17-18(11-13)24-8-7-23-17/h3-6,9,11,15H,7-8,10H2,1-2H3,(H,20,21). The number of carbonyl (C=O) groups is 1. The molecule has 1 N–H and O–H groups in total. The van der Waals surface area contributed by atoms with Gasteiger partial charge in [-0.25, -0.2) is 0 Å². The molecule has 0 amide bonds. The average molecular weight is 328 g/mol. The fraction of sp³-hybridized carbons (Fsp3) is 0.316. The van der Waals surface area contributed by atoms with Gasteiger partial charge in [0.1, 0.15) is 19.0 Å². The zero-order valence-corrected chi connectivity index (χ0v) is 13.7. The van der Waals surface area contributed by atoms with Gasteiger partial charge in [-0.05, 0) is 42.7 Å². The molecule has 126 valence electrons. The minimum absolute atomic E-state index is 0.347. The Morgan fingerprint density at radius 2 is 1.92 bits per heavy atom. The van der Waals surface area contributed by atoms with Crippen LogP contribution in [-0.2, 0) is 11.2 Å². The van der Waals surface area contributed by atoms with E-state index in [0.717, 1.165) is 11.1 Å². The second-order valence-corrected chi connectivity index (χ2v) is 5.81. The first-order valence-electron chi connectivity index (χ1n) is 7.84. The van der Waals surface area contributed by atoms with Crippen LogP contribution in [0.2, 0.25) is 0 Å². The van der Waals surface area contributed by atoms with Crippen LogP contribution in [0.15, 0.2) is 36.4 Å². The van der Waals surface area contributed by atoms with Gasteiger partial charge in [-0.15, -0.1) is 0 Å². The highest BCUT2D eigenvalue weighted by molar-refractivity contribution is 5.77. The molecule has 1 aliphatic rings. The number of benzene rings is 2. The Kier molecular flexibility index (Phi) is 4.60. The molecule has 1 heterocycles. The minimum Gasteiger partial charge on any atom is -0.496 e. The highest BCUT2D eigenvalue weighted by atomic mass is 16.6. The molecule has 2 aromatic rings. The average Bonchev–Trinajstić information content (AvgIpc) is 2.59. The number of hydrogen-bond acceptors (Lipinski definition) is 4. The minimum atomic E-state index is -0.879. The van der Waals surface area contributed by atoms with Crippen molar-refractivity contribution in [2.24, 2.45) is 0 Å². The maximum atomic E-state index is 11.8. The zero-order valence-electron chi connectivity index (χ0n) is 13.7. The molecule has 0 radical (unpaired) electrons. The lowest BCUT2D eigenvalue weighted by Gasteiger charge is -2.21. The number of methoxy groups -OCH3 is 1. The predicted octanol–water partition coefficient (Wildman–Crippen LogP) is 3.19. The number of rotatable bonds is 5. The van der Waals surface area contributed by atoms with Gasteiger partial charge in [-0.1, -0.05) is 23.8 Å². The summed E-state index contributed by atoms with van der Waals surface area (Å²) in [5.41, 5.74) is 2.63. The van der Waals surface area contributed by atoms with E-state index in [1.165, 1.54) is 0 Å². The van der Waals surface area contributed by atoms with Gasteiger partial charge in [0.2, 0.25) is 0 Å². The van der Waals surface area contributed by atoms with Crippen LogP contribution in [0.3, 0.4) is 0 Å². The van der Waals surface area contributed by atoms with Gasteiger partial charge >= 0.3 is 5.97 Å². The first-order chi connectivity index (χ1) is 11.6. The Labute approximate surface area is 140 Å². The summed E-state index contributed by atoms with van der Waals surface area (Å²) in [4.78, 5) is 11.8. The lowest BCUT2D eigenvalue weighted by atomic mass is 9.90. The molecule has 0 saturated heterocycles. The van der Waals surface area contributed by atoms with E-state index in [2.05, 4.69) is 0 Å². The van der Waals surface area contributed by atoms with Gasteiger partial charge < -0.3 is 19.3 Å². The van der Waals surface area contributed by atoms with E-state index in [0.29, 0.717) is 42.4 Å². The zero-order chi connectivity index (χ0) is 17.1. The van der Waals surface area contributed by atoms with E-state index in [-0.39, 0.29) is 0 Å². The van der Waals surface area contributed by atoms with Crippen molar-refractivity contribution in [3.63, 3.8) is 0 Å². The normalized spacial score (nSPS) is 14.1. The monoisotopic (exact) mass is 328 g/mol. The summed E-state index contributed by atoms with van der Waals surface area (Å²) >= 11 is 0. The highest BCUT2D eigenvalue weighted by Crippen LogP contribution is 2.35. The van der Waals surface area contributed by atoms with Crippen LogP contribution in [0.1, 0.15) is 22.6 Å². The summed E-state index contributed by atoms with van der Waals surface area (Å²) in [6.45, 7) is 2.96. The third-order valence-corrected chi connectivity index (χ3v) is 4.13. The van der Waals surface area contributed by atoms with Crippen molar-refractivity contribution in [1.29, 1.82) is 0 Å². The number of carboxylic acid groups (broad SMARTS) is 1. The summed E-state index contributed by atoms with van der Waals surface area (Å²) in [5.74, 6) is 0.389. The van der Waals surface area contributed by atoms with Gasteiger partial charge in [0.25, 0.3) is 0 Å². The van der Waals surface area contributed by atoms with Crippen molar-refractivity contribution >= 4 is 5.97 Å². The molecule has 0 aromatic heterocycles. The predicted molar refractivity (Wildman–Crippen MR) is 89.2 cm³/mol. The van der Waals surface area contributed by atoms with Crippen molar-refractivity contribution in [1.82, 2.24) is 0 Å². The van der Waals surface area contributed by atoms with Crippen LogP contribution in [-0.4, -0.2) is 31.4 Å². The van der Waals surface area contributed by atoms with Crippen LogP contribution in [0, 0.1) is 6.92 Å². The van der Waals surface area contributed by atoms with Crippen molar-refractivity contribution in [2.75, 3.05) is 20.3 Å². The quantitative estimate of drug-likeness (QED) is 0.913. The number of ether oxygens (including phenoxy) is 3. The maximum absolute atomic E-state index is 11.8. The smallest absolute Gasteiger partial charge is 0.311 e. The van der Waals surface area contributed by atoms with Gasteiger partial charge in [0, 0.05) is 0 Å². The van der Waals surface area contributed by atoms with Gasteiger partial charge in [0.15, 0.2) is 11.5 Å².